The molecule has 2 N–H and O–H groups in total. The minimum atomic E-state index is -4.53. The molecule has 0 heterocycles. The number of nitrogens with zero attached hydrogens (tertiary/aromatic N) is 1. The highest BCUT2D eigenvalue weighted by molar-refractivity contribution is 5.78. The molecule has 0 saturated carbocycles. The number of halogens is 3. The fraction of sp³-hybridized carbons (Fsp3) is 0.562. The number of nitrogens with one attached hydrogen (secondary N) is 1. The fourth-order valence-corrected chi connectivity index (χ4v) is 2.24. The molecule has 0 radical (unpaired) electrons. The standard InChI is InChI=1S/C16H23F3N2O3/c1-11(8-20-2)15(23)21(3)9-12(22)10-24-14-7-5-4-6-13(14)16(17,18)19/h4-7,11-12,20,22H,8-10H2,1-3H3. The molecule has 5 nitrogen and oxygen atoms in total. The van der Waals surface area contributed by atoms with Gasteiger partial charge in [-0.1, -0.05) is 19.1 Å². The molecule has 1 rings (SSSR count). The van der Waals surface area contributed by atoms with Crippen LogP contribution < -0.4 is 10.1 Å². The monoisotopic (exact) mass is 348 g/mol. The second-order valence-electron chi connectivity index (χ2n) is 5.64. The molecule has 2 unspecified atom stereocenters. The number of carbonyl (C=O) groups is 1. The molecule has 0 aromatic heterocycles. The fourth-order valence-electron chi connectivity index (χ4n) is 2.24. The Kier molecular flexibility index (Phi) is 7.50. The zero-order valence-electron chi connectivity index (χ0n) is 13.9. The molecule has 0 aliphatic carbocycles. The number of likely N-dealkylation sites (N-methyl/N-ethyl adjacent to an activating group) is 1. The molecular formula is C16H23F3N2O3. The first-order valence-corrected chi connectivity index (χ1v) is 7.53. The first-order valence-electron chi connectivity index (χ1n) is 7.53. The average molecular weight is 348 g/mol. The van der Waals surface area contributed by atoms with Crippen molar-refractivity contribution in [2.75, 3.05) is 33.8 Å². The molecule has 24 heavy (non-hydrogen) atoms. The van der Waals surface area contributed by atoms with Crippen LogP contribution in [0.1, 0.15) is 12.5 Å². The van der Waals surface area contributed by atoms with Crippen LogP contribution in [0.15, 0.2) is 24.3 Å². The quantitative estimate of drug-likeness (QED) is 0.752. The Morgan fingerprint density at radius 1 is 1.38 bits per heavy atom. The Balaban J connectivity index is 2.58. The summed E-state index contributed by atoms with van der Waals surface area (Å²) in [6, 6.07) is 4.80. The minimum absolute atomic E-state index is 0.0267. The molecule has 1 aromatic carbocycles. The van der Waals surface area contributed by atoms with Gasteiger partial charge in [0, 0.05) is 26.1 Å². The largest absolute Gasteiger partial charge is 0.490 e. The van der Waals surface area contributed by atoms with E-state index in [4.69, 9.17) is 4.74 Å². The summed E-state index contributed by atoms with van der Waals surface area (Å²) >= 11 is 0. The van der Waals surface area contributed by atoms with Crippen molar-refractivity contribution in [1.29, 1.82) is 0 Å². The third-order valence-corrected chi connectivity index (χ3v) is 3.42. The summed E-state index contributed by atoms with van der Waals surface area (Å²) in [6.07, 6.45) is -5.63. The summed E-state index contributed by atoms with van der Waals surface area (Å²) in [5.41, 5.74) is -0.899. The lowest BCUT2D eigenvalue weighted by atomic mass is 10.1. The zero-order valence-corrected chi connectivity index (χ0v) is 13.9. The molecule has 136 valence electrons. The van der Waals surface area contributed by atoms with Crippen molar-refractivity contribution >= 4 is 5.91 Å². The third-order valence-electron chi connectivity index (χ3n) is 3.42. The van der Waals surface area contributed by atoms with Gasteiger partial charge in [-0.15, -0.1) is 0 Å². The van der Waals surface area contributed by atoms with Gasteiger partial charge >= 0.3 is 6.18 Å². The normalized spacial score (nSPS) is 14.1. The van der Waals surface area contributed by atoms with Crippen LogP contribution in [0.3, 0.4) is 0 Å². The van der Waals surface area contributed by atoms with E-state index in [0.29, 0.717) is 6.54 Å². The van der Waals surface area contributed by atoms with Gasteiger partial charge < -0.3 is 20.1 Å². The van der Waals surface area contributed by atoms with Gasteiger partial charge in [0.2, 0.25) is 5.91 Å². The molecule has 1 amide bonds. The lowest BCUT2D eigenvalue weighted by molar-refractivity contribution is -0.139. The van der Waals surface area contributed by atoms with E-state index in [0.717, 1.165) is 6.07 Å². The average Bonchev–Trinajstić information content (AvgIpc) is 2.51. The highest BCUT2D eigenvalue weighted by Crippen LogP contribution is 2.35. The smallest absolute Gasteiger partial charge is 0.419 e. The van der Waals surface area contributed by atoms with Crippen molar-refractivity contribution in [3.05, 3.63) is 29.8 Å². The van der Waals surface area contributed by atoms with E-state index >= 15 is 0 Å². The van der Waals surface area contributed by atoms with E-state index in [9.17, 15) is 23.1 Å². The van der Waals surface area contributed by atoms with Crippen LogP contribution in [0.2, 0.25) is 0 Å². The number of hydrogen-bond donors (Lipinski definition) is 2. The molecule has 1 aromatic rings. The predicted molar refractivity (Wildman–Crippen MR) is 83.7 cm³/mol. The topological polar surface area (TPSA) is 61.8 Å². The first kappa shape index (κ1) is 20.2. The van der Waals surface area contributed by atoms with E-state index in [1.165, 1.54) is 30.1 Å². The second kappa shape index (κ2) is 8.89. The number of carbonyl (C=O) groups excluding carboxylic acids is 1. The summed E-state index contributed by atoms with van der Waals surface area (Å²) in [7, 11) is 3.26. The third kappa shape index (κ3) is 6.01. The minimum Gasteiger partial charge on any atom is -0.490 e. The van der Waals surface area contributed by atoms with Crippen molar-refractivity contribution in [3.63, 3.8) is 0 Å². The molecule has 0 aliphatic rings. The number of rotatable bonds is 8. The van der Waals surface area contributed by atoms with E-state index in [1.54, 1.807) is 14.0 Å². The number of hydrogen-bond acceptors (Lipinski definition) is 4. The van der Waals surface area contributed by atoms with E-state index in [-0.39, 0.29) is 30.7 Å². The summed E-state index contributed by atoms with van der Waals surface area (Å²) in [5.74, 6) is -0.778. The van der Waals surface area contributed by atoms with Crippen LogP contribution in [0.5, 0.6) is 5.75 Å². The Bertz CT molecular complexity index is 538. The van der Waals surface area contributed by atoms with Crippen molar-refractivity contribution in [2.24, 2.45) is 5.92 Å². The number of ether oxygens (including phenoxy) is 1. The lowest BCUT2D eigenvalue weighted by Crippen LogP contribution is -2.41. The summed E-state index contributed by atoms with van der Waals surface area (Å²) < 4.78 is 43.6. The Hall–Kier alpha value is -1.80. The number of aliphatic hydroxyl groups is 1. The molecule has 2 atom stereocenters. The Labute approximate surface area is 139 Å². The maximum absolute atomic E-state index is 12.8. The number of amides is 1. The second-order valence-corrected chi connectivity index (χ2v) is 5.64. The van der Waals surface area contributed by atoms with Gasteiger partial charge in [0.25, 0.3) is 0 Å². The highest BCUT2D eigenvalue weighted by Gasteiger charge is 2.34. The number of aliphatic hydroxyl groups excluding tert-OH is 1. The summed E-state index contributed by atoms with van der Waals surface area (Å²) in [6.45, 7) is 1.87. The summed E-state index contributed by atoms with van der Waals surface area (Å²) in [4.78, 5) is 13.4. The van der Waals surface area contributed by atoms with Gasteiger partial charge in [-0.3, -0.25) is 4.79 Å². The Morgan fingerprint density at radius 2 is 2.00 bits per heavy atom. The van der Waals surface area contributed by atoms with Gasteiger partial charge in [0.1, 0.15) is 18.5 Å². The van der Waals surface area contributed by atoms with Gasteiger partial charge in [0.15, 0.2) is 0 Å². The van der Waals surface area contributed by atoms with E-state index < -0.39 is 17.8 Å². The van der Waals surface area contributed by atoms with Crippen molar-refractivity contribution in [2.45, 2.75) is 19.2 Å². The maximum Gasteiger partial charge on any atom is 0.419 e. The van der Waals surface area contributed by atoms with Gasteiger partial charge in [0.05, 0.1) is 5.56 Å². The maximum atomic E-state index is 12.8. The molecule has 8 heteroatoms. The van der Waals surface area contributed by atoms with Crippen LogP contribution in [0.25, 0.3) is 0 Å². The van der Waals surface area contributed by atoms with E-state index in [1.807, 2.05) is 0 Å². The molecule has 0 spiro atoms. The van der Waals surface area contributed by atoms with Gasteiger partial charge in [-0.05, 0) is 19.2 Å². The van der Waals surface area contributed by atoms with Crippen molar-refractivity contribution < 1.29 is 27.8 Å². The number of alkyl halides is 3. The SMILES string of the molecule is CNCC(C)C(=O)N(C)CC(O)COc1ccccc1C(F)(F)F. The Morgan fingerprint density at radius 3 is 2.58 bits per heavy atom. The zero-order chi connectivity index (χ0) is 18.3. The van der Waals surface area contributed by atoms with Crippen LogP contribution in [0.4, 0.5) is 13.2 Å². The lowest BCUT2D eigenvalue weighted by Gasteiger charge is -2.24. The summed E-state index contributed by atoms with van der Waals surface area (Å²) in [5, 5.41) is 12.8. The number of benzene rings is 1. The van der Waals surface area contributed by atoms with Crippen LogP contribution >= 0.6 is 0 Å². The number of para-hydroxylation sites is 1. The molecule has 0 saturated heterocycles. The van der Waals surface area contributed by atoms with Gasteiger partial charge in [-0.2, -0.15) is 13.2 Å². The molecular weight excluding hydrogens is 325 g/mol. The highest BCUT2D eigenvalue weighted by atomic mass is 19.4. The molecule has 0 aliphatic heterocycles. The molecule has 0 bridgehead atoms. The van der Waals surface area contributed by atoms with Crippen LogP contribution in [-0.4, -0.2) is 55.8 Å². The molecule has 0 fully saturated rings. The van der Waals surface area contributed by atoms with Gasteiger partial charge in [-0.25, -0.2) is 0 Å². The van der Waals surface area contributed by atoms with E-state index in [2.05, 4.69) is 5.32 Å². The van der Waals surface area contributed by atoms with Crippen molar-refractivity contribution in [3.8, 4) is 5.75 Å². The first-order chi connectivity index (χ1) is 11.2. The van der Waals surface area contributed by atoms with Crippen molar-refractivity contribution in [1.82, 2.24) is 10.2 Å². The predicted octanol–water partition coefficient (Wildman–Crippen LogP) is 1.76. The van der Waals surface area contributed by atoms with Crippen LogP contribution in [0, 0.1) is 5.92 Å². The van der Waals surface area contributed by atoms with Crippen LogP contribution in [-0.2, 0) is 11.0 Å².